The molecule has 140 valence electrons. The van der Waals surface area contributed by atoms with E-state index in [1.807, 2.05) is 47.1 Å². The number of aromatic nitrogens is 5. The summed E-state index contributed by atoms with van der Waals surface area (Å²) in [7, 11) is 3.15. The first-order valence-corrected chi connectivity index (χ1v) is 8.74. The Morgan fingerprint density at radius 2 is 1.89 bits per heavy atom. The van der Waals surface area contributed by atoms with Crippen molar-refractivity contribution >= 4 is 17.5 Å². The van der Waals surface area contributed by atoms with Gasteiger partial charge in [0.25, 0.3) is 5.91 Å². The minimum absolute atomic E-state index is 0.0492. The standard InChI is InChI=1S/C20H18N6O2/c1-21-19(28)15-11-22-25(2)18(15)17(27)10-14-8-9-26-12-16(24-20(26)23-14)13-6-4-3-5-7-13/h3-9,11-12H,10H2,1-2H3,(H,21,28). The number of hydrogen-bond donors (Lipinski definition) is 1. The molecule has 4 rings (SSSR count). The van der Waals surface area contributed by atoms with Gasteiger partial charge >= 0.3 is 0 Å². The lowest BCUT2D eigenvalue weighted by Gasteiger charge is -2.05. The molecule has 0 spiro atoms. The molecule has 3 aromatic heterocycles. The Labute approximate surface area is 160 Å². The summed E-state index contributed by atoms with van der Waals surface area (Å²) >= 11 is 0. The van der Waals surface area contributed by atoms with E-state index >= 15 is 0 Å². The van der Waals surface area contributed by atoms with Gasteiger partial charge in [0.15, 0.2) is 5.78 Å². The van der Waals surface area contributed by atoms with Crippen LogP contribution < -0.4 is 5.32 Å². The molecule has 28 heavy (non-hydrogen) atoms. The molecule has 0 aliphatic carbocycles. The Morgan fingerprint density at radius 1 is 1.11 bits per heavy atom. The molecule has 1 N–H and O–H groups in total. The fraction of sp³-hybridized carbons (Fsp3) is 0.150. The molecule has 8 nitrogen and oxygen atoms in total. The maximum absolute atomic E-state index is 12.8. The predicted molar refractivity (Wildman–Crippen MR) is 103 cm³/mol. The number of nitrogens with zero attached hydrogens (tertiary/aromatic N) is 5. The lowest BCUT2D eigenvalue weighted by molar-refractivity contribution is 0.0937. The molecule has 0 atom stereocenters. The van der Waals surface area contributed by atoms with E-state index in [0.717, 1.165) is 11.3 Å². The SMILES string of the molecule is CNC(=O)c1cnn(C)c1C(=O)Cc1ccn2cc(-c3ccccc3)nc2n1. The van der Waals surface area contributed by atoms with Gasteiger partial charge in [-0.2, -0.15) is 5.10 Å². The lowest BCUT2D eigenvalue weighted by atomic mass is 10.1. The average molecular weight is 374 g/mol. The van der Waals surface area contributed by atoms with Crippen molar-refractivity contribution in [2.45, 2.75) is 6.42 Å². The molecule has 0 radical (unpaired) electrons. The third-order valence-corrected chi connectivity index (χ3v) is 4.47. The van der Waals surface area contributed by atoms with Crippen molar-refractivity contribution in [3.05, 3.63) is 71.9 Å². The number of imidazole rings is 1. The highest BCUT2D eigenvalue weighted by Crippen LogP contribution is 2.18. The Morgan fingerprint density at radius 3 is 2.64 bits per heavy atom. The van der Waals surface area contributed by atoms with Gasteiger partial charge in [0.05, 0.1) is 29.6 Å². The lowest BCUT2D eigenvalue weighted by Crippen LogP contribution is -2.22. The number of amides is 1. The molecular weight excluding hydrogens is 356 g/mol. The summed E-state index contributed by atoms with van der Waals surface area (Å²) in [6.45, 7) is 0. The van der Waals surface area contributed by atoms with Crippen molar-refractivity contribution in [3.63, 3.8) is 0 Å². The number of carbonyl (C=O) groups is 2. The normalized spacial score (nSPS) is 10.9. The molecule has 8 heteroatoms. The van der Waals surface area contributed by atoms with Crippen molar-refractivity contribution in [3.8, 4) is 11.3 Å². The first-order chi connectivity index (χ1) is 13.6. The van der Waals surface area contributed by atoms with Crippen molar-refractivity contribution < 1.29 is 9.59 Å². The number of carbonyl (C=O) groups excluding carboxylic acids is 2. The number of aryl methyl sites for hydroxylation is 1. The second-order valence-electron chi connectivity index (χ2n) is 6.33. The van der Waals surface area contributed by atoms with Crippen molar-refractivity contribution in [2.24, 2.45) is 7.05 Å². The molecular formula is C20H18N6O2. The molecule has 0 bridgehead atoms. The van der Waals surface area contributed by atoms with E-state index in [0.29, 0.717) is 11.5 Å². The molecule has 0 saturated heterocycles. The van der Waals surface area contributed by atoms with Crippen molar-refractivity contribution in [1.29, 1.82) is 0 Å². The smallest absolute Gasteiger partial charge is 0.254 e. The van der Waals surface area contributed by atoms with Gasteiger partial charge in [-0.05, 0) is 6.07 Å². The zero-order valence-electron chi connectivity index (χ0n) is 15.5. The summed E-state index contributed by atoms with van der Waals surface area (Å²) in [4.78, 5) is 33.8. The summed E-state index contributed by atoms with van der Waals surface area (Å²) in [5.74, 6) is -0.0633. The van der Waals surface area contributed by atoms with Gasteiger partial charge in [-0.3, -0.25) is 18.7 Å². The molecule has 0 fully saturated rings. The zero-order chi connectivity index (χ0) is 19.7. The summed E-state index contributed by atoms with van der Waals surface area (Å²) in [6, 6.07) is 11.6. The summed E-state index contributed by atoms with van der Waals surface area (Å²) < 4.78 is 3.23. The highest BCUT2D eigenvalue weighted by Gasteiger charge is 2.22. The number of benzene rings is 1. The molecule has 0 aliphatic rings. The van der Waals surface area contributed by atoms with Gasteiger partial charge in [0.1, 0.15) is 5.69 Å². The highest BCUT2D eigenvalue weighted by atomic mass is 16.2. The molecule has 0 aliphatic heterocycles. The minimum Gasteiger partial charge on any atom is -0.355 e. The van der Waals surface area contributed by atoms with E-state index in [2.05, 4.69) is 20.4 Å². The third-order valence-electron chi connectivity index (χ3n) is 4.47. The van der Waals surface area contributed by atoms with Gasteiger partial charge in [-0.15, -0.1) is 0 Å². The average Bonchev–Trinajstić information content (AvgIpc) is 3.31. The van der Waals surface area contributed by atoms with E-state index in [-0.39, 0.29) is 29.4 Å². The van der Waals surface area contributed by atoms with Crippen LogP contribution in [-0.2, 0) is 13.5 Å². The van der Waals surface area contributed by atoms with Gasteiger partial charge in [0.2, 0.25) is 5.78 Å². The first-order valence-electron chi connectivity index (χ1n) is 8.74. The quantitative estimate of drug-likeness (QED) is 0.539. The van der Waals surface area contributed by atoms with Crippen LogP contribution in [0.4, 0.5) is 0 Å². The van der Waals surface area contributed by atoms with Gasteiger partial charge in [-0.1, -0.05) is 30.3 Å². The van der Waals surface area contributed by atoms with Crippen molar-refractivity contribution in [1.82, 2.24) is 29.5 Å². The van der Waals surface area contributed by atoms with E-state index in [1.165, 1.54) is 17.9 Å². The molecule has 0 saturated carbocycles. The molecule has 1 amide bonds. The number of ketones is 1. The number of Topliss-reactive ketones (excluding diaryl/α,β-unsaturated/α-hetero) is 1. The molecule has 3 heterocycles. The molecule has 0 unspecified atom stereocenters. The summed E-state index contributed by atoms with van der Waals surface area (Å²) in [5, 5.41) is 6.56. The van der Waals surface area contributed by atoms with E-state index < -0.39 is 0 Å². The largest absolute Gasteiger partial charge is 0.355 e. The molecule has 1 aromatic carbocycles. The number of nitrogens with one attached hydrogen (secondary N) is 1. The van der Waals surface area contributed by atoms with Crippen LogP contribution in [0.25, 0.3) is 17.0 Å². The third kappa shape index (κ3) is 3.16. The van der Waals surface area contributed by atoms with Crippen LogP contribution in [-0.4, -0.2) is 42.9 Å². The first kappa shape index (κ1) is 17.6. The van der Waals surface area contributed by atoms with Crippen LogP contribution in [0.3, 0.4) is 0 Å². The fourth-order valence-corrected chi connectivity index (χ4v) is 3.07. The number of hydrogen-bond acceptors (Lipinski definition) is 5. The number of fused-ring (bicyclic) bond motifs is 1. The van der Waals surface area contributed by atoms with Gasteiger partial charge < -0.3 is 5.32 Å². The summed E-state index contributed by atoms with van der Waals surface area (Å²) in [5.41, 5.74) is 2.89. The Kier molecular flexibility index (Phi) is 4.44. The second-order valence-corrected chi connectivity index (χ2v) is 6.33. The highest BCUT2D eigenvalue weighted by molar-refractivity contribution is 6.07. The monoisotopic (exact) mass is 374 g/mol. The fourth-order valence-electron chi connectivity index (χ4n) is 3.07. The van der Waals surface area contributed by atoms with Crippen LogP contribution in [0, 0.1) is 0 Å². The van der Waals surface area contributed by atoms with Crippen LogP contribution in [0.2, 0.25) is 0 Å². The Hall–Kier alpha value is -3.81. The van der Waals surface area contributed by atoms with Gasteiger partial charge in [-0.25, -0.2) is 9.97 Å². The Balaban J connectivity index is 1.63. The van der Waals surface area contributed by atoms with Crippen LogP contribution in [0.1, 0.15) is 26.5 Å². The van der Waals surface area contributed by atoms with Gasteiger partial charge in [0, 0.05) is 32.1 Å². The van der Waals surface area contributed by atoms with Crippen LogP contribution >= 0.6 is 0 Å². The summed E-state index contributed by atoms with van der Waals surface area (Å²) in [6.07, 6.45) is 5.17. The van der Waals surface area contributed by atoms with Crippen molar-refractivity contribution in [2.75, 3.05) is 7.05 Å². The minimum atomic E-state index is -0.347. The van der Waals surface area contributed by atoms with E-state index in [4.69, 9.17) is 0 Å². The van der Waals surface area contributed by atoms with E-state index in [1.54, 1.807) is 13.1 Å². The van der Waals surface area contributed by atoms with E-state index in [9.17, 15) is 9.59 Å². The Bertz CT molecular complexity index is 1180. The topological polar surface area (TPSA) is 94.2 Å². The van der Waals surface area contributed by atoms with Crippen LogP contribution in [0.15, 0.2) is 55.0 Å². The second kappa shape index (κ2) is 7.07. The zero-order valence-corrected chi connectivity index (χ0v) is 15.5. The maximum Gasteiger partial charge on any atom is 0.254 e. The maximum atomic E-state index is 12.8. The number of rotatable bonds is 5. The van der Waals surface area contributed by atoms with Crippen LogP contribution in [0.5, 0.6) is 0 Å². The molecule has 4 aromatic rings. The predicted octanol–water partition coefficient (Wildman–Crippen LogP) is 1.91.